The lowest BCUT2D eigenvalue weighted by molar-refractivity contribution is -0.149. The fourth-order valence-corrected chi connectivity index (χ4v) is 2.76. The van der Waals surface area contributed by atoms with Crippen LogP contribution in [-0.2, 0) is 11.2 Å². The second-order valence-electron chi connectivity index (χ2n) is 6.17. The molecule has 0 spiro atoms. The zero-order chi connectivity index (χ0) is 13.9. The zero-order valence-electron chi connectivity index (χ0n) is 11.8. The first-order valence-electron chi connectivity index (χ1n) is 6.98. The molecule has 0 bridgehead atoms. The number of piperidine rings is 1. The Morgan fingerprint density at radius 1 is 1.37 bits per heavy atom. The van der Waals surface area contributed by atoms with Crippen LogP contribution in [0.4, 0.5) is 0 Å². The van der Waals surface area contributed by atoms with Crippen molar-refractivity contribution in [2.24, 2.45) is 11.3 Å². The zero-order valence-corrected chi connectivity index (χ0v) is 11.8. The summed E-state index contributed by atoms with van der Waals surface area (Å²) in [6.45, 7) is 6.77. The number of carboxylic acids is 1. The average Bonchev–Trinajstić information content (AvgIpc) is 2.38. The van der Waals surface area contributed by atoms with Crippen molar-refractivity contribution in [2.75, 3.05) is 19.6 Å². The molecule has 1 aromatic carbocycles. The molecule has 0 aromatic heterocycles. The summed E-state index contributed by atoms with van der Waals surface area (Å²) in [5, 5.41) is 9.35. The van der Waals surface area contributed by atoms with Crippen molar-refractivity contribution in [3.05, 3.63) is 35.9 Å². The van der Waals surface area contributed by atoms with Gasteiger partial charge in [-0.2, -0.15) is 0 Å². The Kier molecular flexibility index (Phi) is 4.25. The van der Waals surface area contributed by atoms with Crippen molar-refractivity contribution in [1.29, 1.82) is 0 Å². The first-order chi connectivity index (χ1) is 8.99. The third-order valence-corrected chi connectivity index (χ3v) is 4.31. The largest absolute Gasteiger partial charge is 0.481 e. The Morgan fingerprint density at radius 3 is 2.68 bits per heavy atom. The van der Waals surface area contributed by atoms with Crippen LogP contribution in [0.5, 0.6) is 0 Å². The van der Waals surface area contributed by atoms with Gasteiger partial charge in [-0.1, -0.05) is 44.2 Å². The number of benzene rings is 1. The van der Waals surface area contributed by atoms with Gasteiger partial charge < -0.3 is 10.0 Å². The molecule has 1 fully saturated rings. The van der Waals surface area contributed by atoms with Crippen LogP contribution in [-0.4, -0.2) is 35.6 Å². The molecule has 104 valence electrons. The Bertz CT molecular complexity index is 428. The van der Waals surface area contributed by atoms with Crippen molar-refractivity contribution in [3.8, 4) is 0 Å². The van der Waals surface area contributed by atoms with E-state index < -0.39 is 5.97 Å². The van der Waals surface area contributed by atoms with Crippen LogP contribution in [0.25, 0.3) is 0 Å². The van der Waals surface area contributed by atoms with Crippen molar-refractivity contribution in [2.45, 2.75) is 26.7 Å². The maximum Gasteiger partial charge on any atom is 0.308 e. The van der Waals surface area contributed by atoms with Gasteiger partial charge in [-0.15, -0.1) is 0 Å². The third-order valence-electron chi connectivity index (χ3n) is 4.31. The van der Waals surface area contributed by atoms with Gasteiger partial charge in [0.15, 0.2) is 0 Å². The summed E-state index contributed by atoms with van der Waals surface area (Å²) in [7, 11) is 0. The summed E-state index contributed by atoms with van der Waals surface area (Å²) in [5.41, 5.74) is 1.23. The Labute approximate surface area is 115 Å². The molecule has 1 unspecified atom stereocenters. The van der Waals surface area contributed by atoms with E-state index in [1.54, 1.807) is 0 Å². The summed E-state index contributed by atoms with van der Waals surface area (Å²) in [6.07, 6.45) is 1.95. The SMILES string of the molecule is CC1(C)CCN(CCc2ccccc2)CC1C(=O)O. The minimum absolute atomic E-state index is 0.0882. The molecule has 1 heterocycles. The van der Waals surface area contributed by atoms with E-state index in [1.807, 2.05) is 6.07 Å². The van der Waals surface area contributed by atoms with Gasteiger partial charge in [0, 0.05) is 13.1 Å². The lowest BCUT2D eigenvalue weighted by atomic mass is 9.73. The topological polar surface area (TPSA) is 40.5 Å². The summed E-state index contributed by atoms with van der Waals surface area (Å²) in [4.78, 5) is 13.7. The van der Waals surface area contributed by atoms with Crippen LogP contribution < -0.4 is 0 Å². The molecule has 1 aromatic rings. The number of hydrogen-bond donors (Lipinski definition) is 1. The highest BCUT2D eigenvalue weighted by Crippen LogP contribution is 2.35. The molecule has 19 heavy (non-hydrogen) atoms. The second-order valence-corrected chi connectivity index (χ2v) is 6.17. The fraction of sp³-hybridized carbons (Fsp3) is 0.562. The molecule has 3 nitrogen and oxygen atoms in total. The molecule has 1 saturated heterocycles. The first-order valence-corrected chi connectivity index (χ1v) is 6.98. The minimum Gasteiger partial charge on any atom is -0.481 e. The van der Waals surface area contributed by atoms with Crippen LogP contribution in [0.3, 0.4) is 0 Å². The number of aliphatic carboxylic acids is 1. The van der Waals surface area contributed by atoms with Crippen LogP contribution in [0.2, 0.25) is 0 Å². The molecule has 3 heteroatoms. The standard InChI is InChI=1S/C16H23NO2/c1-16(2)9-11-17(12-14(16)15(18)19)10-8-13-6-4-3-5-7-13/h3-7,14H,8-12H2,1-2H3,(H,18,19). The Hall–Kier alpha value is -1.35. The van der Waals surface area contributed by atoms with E-state index in [1.165, 1.54) is 5.56 Å². The van der Waals surface area contributed by atoms with Crippen LogP contribution >= 0.6 is 0 Å². The maximum atomic E-state index is 11.4. The number of carbonyl (C=O) groups is 1. The molecule has 1 aliphatic rings. The Balaban J connectivity index is 1.91. The van der Waals surface area contributed by atoms with E-state index in [2.05, 4.69) is 43.0 Å². The number of carboxylic acid groups (broad SMARTS) is 1. The lowest BCUT2D eigenvalue weighted by Crippen LogP contribution is -2.48. The van der Waals surface area contributed by atoms with Gasteiger partial charge in [-0.3, -0.25) is 4.79 Å². The van der Waals surface area contributed by atoms with Gasteiger partial charge in [0.1, 0.15) is 0 Å². The smallest absolute Gasteiger partial charge is 0.308 e. The number of hydrogen-bond acceptors (Lipinski definition) is 2. The van der Waals surface area contributed by atoms with Crippen LogP contribution in [0.1, 0.15) is 25.8 Å². The minimum atomic E-state index is -0.658. The van der Waals surface area contributed by atoms with Gasteiger partial charge in [0.2, 0.25) is 0 Å². The van der Waals surface area contributed by atoms with Gasteiger partial charge in [-0.25, -0.2) is 0 Å². The van der Waals surface area contributed by atoms with Crippen molar-refractivity contribution in [3.63, 3.8) is 0 Å². The van der Waals surface area contributed by atoms with E-state index in [0.29, 0.717) is 6.54 Å². The number of nitrogens with zero attached hydrogens (tertiary/aromatic N) is 1. The quantitative estimate of drug-likeness (QED) is 0.906. The predicted octanol–water partition coefficient (Wildman–Crippen LogP) is 2.66. The van der Waals surface area contributed by atoms with Crippen LogP contribution in [0, 0.1) is 11.3 Å². The van der Waals surface area contributed by atoms with E-state index in [-0.39, 0.29) is 11.3 Å². The maximum absolute atomic E-state index is 11.4. The molecule has 0 saturated carbocycles. The molecule has 0 radical (unpaired) electrons. The van der Waals surface area contributed by atoms with Gasteiger partial charge in [-0.05, 0) is 30.4 Å². The number of rotatable bonds is 4. The van der Waals surface area contributed by atoms with Crippen molar-refractivity contribution >= 4 is 5.97 Å². The molecule has 2 rings (SSSR count). The second kappa shape index (κ2) is 5.74. The lowest BCUT2D eigenvalue weighted by Gasteiger charge is -2.41. The predicted molar refractivity (Wildman–Crippen MR) is 76.1 cm³/mol. The molecule has 0 aliphatic carbocycles. The summed E-state index contributed by atoms with van der Waals surface area (Å²) < 4.78 is 0. The average molecular weight is 261 g/mol. The fourth-order valence-electron chi connectivity index (χ4n) is 2.76. The molecule has 1 aliphatic heterocycles. The van der Waals surface area contributed by atoms with E-state index >= 15 is 0 Å². The van der Waals surface area contributed by atoms with Gasteiger partial charge in [0.05, 0.1) is 5.92 Å². The molecular formula is C16H23NO2. The Morgan fingerprint density at radius 2 is 2.05 bits per heavy atom. The van der Waals surface area contributed by atoms with E-state index in [4.69, 9.17) is 0 Å². The van der Waals surface area contributed by atoms with Crippen molar-refractivity contribution < 1.29 is 9.90 Å². The highest BCUT2D eigenvalue weighted by molar-refractivity contribution is 5.71. The molecule has 1 N–H and O–H groups in total. The molecular weight excluding hydrogens is 238 g/mol. The summed E-state index contributed by atoms with van der Waals surface area (Å²) >= 11 is 0. The monoisotopic (exact) mass is 261 g/mol. The van der Waals surface area contributed by atoms with E-state index in [0.717, 1.165) is 25.9 Å². The first kappa shape index (κ1) is 14.1. The summed E-state index contributed by atoms with van der Waals surface area (Å²) in [6, 6.07) is 10.4. The third kappa shape index (κ3) is 3.57. The normalized spacial score (nSPS) is 23.2. The van der Waals surface area contributed by atoms with Gasteiger partial charge in [0.25, 0.3) is 0 Å². The van der Waals surface area contributed by atoms with Crippen LogP contribution in [0.15, 0.2) is 30.3 Å². The number of likely N-dealkylation sites (tertiary alicyclic amines) is 1. The summed E-state index contributed by atoms with van der Waals surface area (Å²) in [5.74, 6) is -0.911. The highest BCUT2D eigenvalue weighted by atomic mass is 16.4. The highest BCUT2D eigenvalue weighted by Gasteiger charge is 2.39. The van der Waals surface area contributed by atoms with E-state index in [9.17, 15) is 9.90 Å². The van der Waals surface area contributed by atoms with Gasteiger partial charge >= 0.3 is 5.97 Å². The molecule has 1 atom stereocenters. The van der Waals surface area contributed by atoms with Crippen molar-refractivity contribution in [1.82, 2.24) is 4.90 Å². The molecule has 0 amide bonds.